The molecule has 0 aromatic heterocycles. The molecule has 0 aliphatic heterocycles. The van der Waals surface area contributed by atoms with Crippen LogP contribution >= 0.6 is 0 Å². The SMILES string of the molecule is CCN(CC)c1ccc(C=NC[C@H](c2cccc(F)c2)[NH+](C)C)c(O)c1. The number of quaternary nitrogens is 1. The maximum absolute atomic E-state index is 13.5. The van der Waals surface area contributed by atoms with Crippen LogP contribution in [0.5, 0.6) is 5.75 Å². The molecule has 2 aromatic carbocycles. The van der Waals surface area contributed by atoms with E-state index in [4.69, 9.17) is 0 Å². The van der Waals surface area contributed by atoms with Gasteiger partial charge >= 0.3 is 0 Å². The van der Waals surface area contributed by atoms with E-state index >= 15 is 0 Å². The highest BCUT2D eigenvalue weighted by molar-refractivity contribution is 5.84. The molecule has 2 rings (SSSR count). The Hall–Kier alpha value is -2.40. The molecule has 0 heterocycles. The van der Waals surface area contributed by atoms with Crippen LogP contribution in [0.15, 0.2) is 47.5 Å². The Morgan fingerprint density at radius 1 is 1.15 bits per heavy atom. The molecule has 0 bridgehead atoms. The van der Waals surface area contributed by atoms with Gasteiger partial charge in [0.05, 0.1) is 20.6 Å². The number of nitrogens with one attached hydrogen (secondary N) is 1. The largest absolute Gasteiger partial charge is 0.507 e. The van der Waals surface area contributed by atoms with E-state index in [1.165, 1.54) is 11.0 Å². The summed E-state index contributed by atoms with van der Waals surface area (Å²) >= 11 is 0. The molecule has 0 aliphatic rings. The van der Waals surface area contributed by atoms with Gasteiger partial charge in [0, 0.05) is 42.2 Å². The summed E-state index contributed by atoms with van der Waals surface area (Å²) in [7, 11) is 4.06. The molecule has 140 valence electrons. The van der Waals surface area contributed by atoms with Crippen LogP contribution in [0.1, 0.15) is 31.0 Å². The van der Waals surface area contributed by atoms with Crippen LogP contribution in [0.4, 0.5) is 10.1 Å². The van der Waals surface area contributed by atoms with E-state index in [2.05, 4.69) is 23.7 Å². The predicted octanol–water partition coefficient (Wildman–Crippen LogP) is 2.68. The van der Waals surface area contributed by atoms with Crippen LogP contribution in [0.25, 0.3) is 0 Å². The van der Waals surface area contributed by atoms with Gasteiger partial charge in [-0.25, -0.2) is 4.39 Å². The zero-order valence-electron chi connectivity index (χ0n) is 16.0. The van der Waals surface area contributed by atoms with E-state index < -0.39 is 0 Å². The average molecular weight is 358 g/mol. The third kappa shape index (κ3) is 5.05. The van der Waals surface area contributed by atoms with Gasteiger partial charge in [-0.1, -0.05) is 12.1 Å². The van der Waals surface area contributed by atoms with Crippen molar-refractivity contribution >= 4 is 11.9 Å². The molecule has 26 heavy (non-hydrogen) atoms. The molecule has 0 amide bonds. The van der Waals surface area contributed by atoms with Gasteiger partial charge in [0.25, 0.3) is 0 Å². The van der Waals surface area contributed by atoms with E-state index in [1.54, 1.807) is 24.4 Å². The minimum absolute atomic E-state index is 0.0547. The summed E-state index contributed by atoms with van der Waals surface area (Å²) in [5.74, 6) is -0.0139. The molecule has 1 atom stereocenters. The zero-order valence-corrected chi connectivity index (χ0v) is 16.0. The summed E-state index contributed by atoms with van der Waals surface area (Å²) in [6, 6.07) is 12.4. The van der Waals surface area contributed by atoms with Crippen molar-refractivity contribution in [3.63, 3.8) is 0 Å². The lowest BCUT2D eigenvalue weighted by Gasteiger charge is -2.21. The summed E-state index contributed by atoms with van der Waals surface area (Å²) < 4.78 is 13.5. The molecule has 0 saturated heterocycles. The number of anilines is 1. The Bertz CT molecular complexity index is 742. The molecule has 0 spiro atoms. The van der Waals surface area contributed by atoms with E-state index in [0.29, 0.717) is 12.1 Å². The molecule has 0 fully saturated rings. The monoisotopic (exact) mass is 358 g/mol. The summed E-state index contributed by atoms with van der Waals surface area (Å²) in [5, 5.41) is 10.3. The van der Waals surface area contributed by atoms with Crippen LogP contribution in [0.3, 0.4) is 0 Å². The maximum atomic E-state index is 13.5. The first-order valence-electron chi connectivity index (χ1n) is 9.09. The lowest BCUT2D eigenvalue weighted by atomic mass is 10.1. The number of phenols is 1. The van der Waals surface area contributed by atoms with E-state index in [-0.39, 0.29) is 17.6 Å². The van der Waals surface area contributed by atoms with Crippen molar-refractivity contribution in [2.45, 2.75) is 19.9 Å². The van der Waals surface area contributed by atoms with E-state index in [9.17, 15) is 9.50 Å². The molecule has 2 aromatic rings. The van der Waals surface area contributed by atoms with Crippen molar-refractivity contribution in [1.82, 2.24) is 0 Å². The molecule has 4 nitrogen and oxygen atoms in total. The first-order valence-corrected chi connectivity index (χ1v) is 9.09. The number of phenolic OH excluding ortho intramolecular Hbond substituents is 1. The van der Waals surface area contributed by atoms with Gasteiger partial charge in [0.15, 0.2) is 0 Å². The smallest absolute Gasteiger partial charge is 0.133 e. The van der Waals surface area contributed by atoms with Gasteiger partial charge in [0.2, 0.25) is 0 Å². The van der Waals surface area contributed by atoms with Crippen LogP contribution in [-0.4, -0.2) is 45.1 Å². The number of aliphatic imine (C=N–C) groups is 1. The number of hydrogen-bond donors (Lipinski definition) is 2. The van der Waals surface area contributed by atoms with Gasteiger partial charge in [-0.3, -0.25) is 4.99 Å². The number of nitrogens with zero attached hydrogens (tertiary/aromatic N) is 2. The summed E-state index contributed by atoms with van der Waals surface area (Å²) in [6.45, 7) is 6.48. The van der Waals surface area contributed by atoms with Gasteiger partial charge in [-0.15, -0.1) is 0 Å². The lowest BCUT2D eigenvalue weighted by Crippen LogP contribution is -3.06. The first kappa shape index (κ1) is 19.9. The fourth-order valence-electron chi connectivity index (χ4n) is 3.03. The minimum Gasteiger partial charge on any atom is -0.507 e. The third-order valence-electron chi connectivity index (χ3n) is 4.61. The number of halogens is 1. The molecule has 0 radical (unpaired) electrons. The second-order valence-corrected chi connectivity index (χ2v) is 6.59. The van der Waals surface area contributed by atoms with E-state index in [0.717, 1.165) is 24.3 Å². The van der Waals surface area contributed by atoms with Gasteiger partial charge in [-0.2, -0.15) is 0 Å². The number of likely N-dealkylation sites (N-methyl/N-ethyl adjacent to an activating group) is 1. The highest BCUT2D eigenvalue weighted by Crippen LogP contribution is 2.23. The number of hydrogen-bond acceptors (Lipinski definition) is 3. The Morgan fingerprint density at radius 2 is 1.88 bits per heavy atom. The van der Waals surface area contributed by atoms with Crippen molar-refractivity contribution in [3.05, 3.63) is 59.4 Å². The van der Waals surface area contributed by atoms with E-state index in [1.807, 2.05) is 32.3 Å². The van der Waals surface area contributed by atoms with Crippen LogP contribution in [0, 0.1) is 5.82 Å². The number of aromatic hydroxyl groups is 1. The average Bonchev–Trinajstić information content (AvgIpc) is 2.61. The Labute approximate surface area is 155 Å². The topological polar surface area (TPSA) is 40.3 Å². The molecule has 0 saturated carbocycles. The number of rotatable bonds is 8. The molecular formula is C21H29FN3O+. The normalized spacial score (nSPS) is 12.7. The predicted molar refractivity (Wildman–Crippen MR) is 106 cm³/mol. The fraction of sp³-hybridized carbons (Fsp3) is 0.381. The Kier molecular flexibility index (Phi) is 7.16. The minimum atomic E-state index is -0.234. The van der Waals surface area contributed by atoms with Gasteiger partial charge in [0.1, 0.15) is 17.6 Å². The fourth-order valence-corrected chi connectivity index (χ4v) is 3.03. The molecule has 0 unspecified atom stereocenters. The second-order valence-electron chi connectivity index (χ2n) is 6.59. The van der Waals surface area contributed by atoms with Crippen LogP contribution < -0.4 is 9.80 Å². The zero-order chi connectivity index (χ0) is 19.1. The molecule has 0 aliphatic carbocycles. The van der Waals surface area contributed by atoms with Crippen molar-refractivity contribution in [2.75, 3.05) is 38.6 Å². The number of benzene rings is 2. The molecular weight excluding hydrogens is 329 g/mol. The van der Waals surface area contributed by atoms with Gasteiger partial charge in [-0.05, 0) is 38.1 Å². The highest BCUT2D eigenvalue weighted by Gasteiger charge is 2.17. The van der Waals surface area contributed by atoms with Crippen molar-refractivity contribution in [2.24, 2.45) is 4.99 Å². The first-order chi connectivity index (χ1) is 12.5. The molecule has 2 N–H and O–H groups in total. The van der Waals surface area contributed by atoms with Crippen molar-refractivity contribution in [1.29, 1.82) is 0 Å². The third-order valence-corrected chi connectivity index (χ3v) is 4.61. The highest BCUT2D eigenvalue weighted by atomic mass is 19.1. The molecule has 5 heteroatoms. The standard InChI is InChI=1S/C21H28FN3O/c1-5-25(6-2)19-11-10-17(21(26)13-19)14-23-15-20(24(3)4)16-8-7-9-18(22)12-16/h7-14,20,26H,5-6,15H2,1-4H3/p+1/t20-/m1/s1. The lowest BCUT2D eigenvalue weighted by molar-refractivity contribution is -0.890. The quantitative estimate of drug-likeness (QED) is 0.713. The van der Waals surface area contributed by atoms with Crippen LogP contribution in [-0.2, 0) is 0 Å². The van der Waals surface area contributed by atoms with Crippen LogP contribution in [0.2, 0.25) is 0 Å². The Balaban J connectivity index is 2.13. The second kappa shape index (κ2) is 9.34. The Morgan fingerprint density at radius 3 is 2.46 bits per heavy atom. The van der Waals surface area contributed by atoms with Crippen molar-refractivity contribution < 1.29 is 14.4 Å². The maximum Gasteiger partial charge on any atom is 0.133 e. The van der Waals surface area contributed by atoms with Crippen molar-refractivity contribution in [3.8, 4) is 5.75 Å². The van der Waals surface area contributed by atoms with Gasteiger partial charge < -0.3 is 14.9 Å². The summed E-state index contributed by atoms with van der Waals surface area (Å²) in [5.41, 5.74) is 2.61. The summed E-state index contributed by atoms with van der Waals surface area (Å²) in [6.07, 6.45) is 1.69. The summed E-state index contributed by atoms with van der Waals surface area (Å²) in [4.78, 5) is 7.85.